The van der Waals surface area contributed by atoms with E-state index in [0.717, 1.165) is 23.2 Å². The highest BCUT2D eigenvalue weighted by atomic mass is 16.6. The molecule has 2 aromatic rings. The molecule has 0 bridgehead atoms. The smallest absolute Gasteiger partial charge is 0.269 e. The number of nitro benzene ring substituents is 2. The van der Waals surface area contributed by atoms with Gasteiger partial charge in [-0.05, 0) is 29.5 Å². The number of hydrogen-bond acceptors (Lipinski definition) is 5. The van der Waals surface area contributed by atoms with Crippen LogP contribution in [0.15, 0.2) is 54.6 Å². The summed E-state index contributed by atoms with van der Waals surface area (Å²) in [6, 6.07) is 11.4. The Bertz CT molecular complexity index is 909. The quantitative estimate of drug-likeness (QED) is 0.510. The highest BCUT2D eigenvalue weighted by Crippen LogP contribution is 2.50. The van der Waals surface area contributed by atoms with Gasteiger partial charge in [0.15, 0.2) is 0 Å². The molecule has 0 saturated carbocycles. The minimum absolute atomic E-state index is 0.0660. The number of hydrogen-bond donors (Lipinski definition) is 1. The van der Waals surface area contributed by atoms with E-state index in [1.165, 1.54) is 12.1 Å². The molecule has 1 aliphatic heterocycles. The van der Waals surface area contributed by atoms with Crippen molar-refractivity contribution in [3.8, 4) is 0 Å². The molecule has 0 aromatic heterocycles. The zero-order valence-electron chi connectivity index (χ0n) is 13.2. The first-order valence-electron chi connectivity index (χ1n) is 8.00. The van der Waals surface area contributed by atoms with Crippen molar-refractivity contribution in [2.45, 2.75) is 18.4 Å². The highest BCUT2D eigenvalue weighted by Gasteiger charge is 2.38. The summed E-state index contributed by atoms with van der Waals surface area (Å²) in [6.45, 7) is 0. The molecule has 1 aliphatic carbocycles. The fourth-order valence-corrected chi connectivity index (χ4v) is 3.86. The number of non-ortho nitro benzene ring substituents is 2. The van der Waals surface area contributed by atoms with E-state index in [1.807, 2.05) is 6.07 Å². The molecule has 4 rings (SSSR count). The molecule has 0 saturated heterocycles. The highest BCUT2D eigenvalue weighted by molar-refractivity contribution is 5.63. The largest absolute Gasteiger partial charge is 0.378 e. The monoisotopic (exact) mass is 337 g/mol. The van der Waals surface area contributed by atoms with Gasteiger partial charge < -0.3 is 5.32 Å². The summed E-state index contributed by atoms with van der Waals surface area (Å²) in [5, 5.41) is 25.6. The van der Waals surface area contributed by atoms with Crippen LogP contribution < -0.4 is 5.32 Å². The molecule has 0 spiro atoms. The second kappa shape index (κ2) is 5.70. The van der Waals surface area contributed by atoms with E-state index in [4.69, 9.17) is 0 Å². The maximum atomic E-state index is 11.1. The maximum Gasteiger partial charge on any atom is 0.269 e. The van der Waals surface area contributed by atoms with Gasteiger partial charge in [-0.15, -0.1) is 0 Å². The molecule has 25 heavy (non-hydrogen) atoms. The van der Waals surface area contributed by atoms with E-state index in [1.54, 1.807) is 24.3 Å². The van der Waals surface area contributed by atoms with Crippen LogP contribution >= 0.6 is 0 Å². The topological polar surface area (TPSA) is 98.3 Å². The molecular weight excluding hydrogens is 322 g/mol. The van der Waals surface area contributed by atoms with Crippen LogP contribution in [0.2, 0.25) is 0 Å². The second-order valence-corrected chi connectivity index (χ2v) is 6.36. The zero-order chi connectivity index (χ0) is 17.6. The van der Waals surface area contributed by atoms with Crippen LogP contribution in [-0.2, 0) is 0 Å². The number of anilines is 1. The lowest BCUT2D eigenvalue weighted by atomic mass is 9.77. The van der Waals surface area contributed by atoms with Gasteiger partial charge in [0.25, 0.3) is 11.4 Å². The van der Waals surface area contributed by atoms with E-state index in [-0.39, 0.29) is 34.2 Å². The van der Waals surface area contributed by atoms with Gasteiger partial charge in [0, 0.05) is 35.9 Å². The maximum absolute atomic E-state index is 11.1. The van der Waals surface area contributed by atoms with Gasteiger partial charge in [-0.3, -0.25) is 20.2 Å². The molecule has 2 aromatic carbocycles. The van der Waals surface area contributed by atoms with Crippen LogP contribution in [-0.4, -0.2) is 9.85 Å². The van der Waals surface area contributed by atoms with Crippen molar-refractivity contribution in [1.82, 2.24) is 0 Å². The van der Waals surface area contributed by atoms with Gasteiger partial charge in [-0.2, -0.15) is 0 Å². The summed E-state index contributed by atoms with van der Waals surface area (Å²) >= 11 is 0. The second-order valence-electron chi connectivity index (χ2n) is 6.36. The number of nitrogens with zero attached hydrogens (tertiary/aromatic N) is 2. The fourth-order valence-electron chi connectivity index (χ4n) is 3.86. The first kappa shape index (κ1) is 15.3. The number of allylic oxidation sites excluding steroid dienone is 2. The van der Waals surface area contributed by atoms with Gasteiger partial charge in [0.1, 0.15) is 0 Å². The lowest BCUT2D eigenvalue weighted by Gasteiger charge is -2.37. The van der Waals surface area contributed by atoms with Gasteiger partial charge in [-0.25, -0.2) is 0 Å². The third-order valence-electron chi connectivity index (χ3n) is 5.00. The van der Waals surface area contributed by atoms with Crippen molar-refractivity contribution in [1.29, 1.82) is 0 Å². The Hall–Kier alpha value is -3.22. The molecule has 3 atom stereocenters. The Balaban J connectivity index is 1.77. The van der Waals surface area contributed by atoms with Gasteiger partial charge in [-0.1, -0.05) is 24.3 Å². The minimum Gasteiger partial charge on any atom is -0.378 e. The molecule has 1 heterocycles. The molecule has 0 fully saturated rings. The van der Waals surface area contributed by atoms with Crippen LogP contribution in [0.5, 0.6) is 0 Å². The first-order chi connectivity index (χ1) is 12.0. The van der Waals surface area contributed by atoms with Crippen LogP contribution in [0.4, 0.5) is 17.1 Å². The first-order valence-corrected chi connectivity index (χ1v) is 8.00. The van der Waals surface area contributed by atoms with E-state index in [9.17, 15) is 20.2 Å². The van der Waals surface area contributed by atoms with Crippen molar-refractivity contribution < 1.29 is 9.85 Å². The fraction of sp³-hybridized carbons (Fsp3) is 0.222. The molecule has 0 unspecified atom stereocenters. The summed E-state index contributed by atoms with van der Waals surface area (Å²) in [5.41, 5.74) is 2.76. The van der Waals surface area contributed by atoms with Crippen LogP contribution in [0.3, 0.4) is 0 Å². The number of fused-ring (bicyclic) bond motifs is 3. The van der Waals surface area contributed by atoms with Gasteiger partial charge in [0.2, 0.25) is 0 Å². The van der Waals surface area contributed by atoms with Crippen LogP contribution in [0.25, 0.3) is 0 Å². The van der Waals surface area contributed by atoms with E-state index in [0.29, 0.717) is 0 Å². The predicted molar refractivity (Wildman–Crippen MR) is 92.5 cm³/mol. The van der Waals surface area contributed by atoms with E-state index in [2.05, 4.69) is 17.5 Å². The number of nitro groups is 2. The zero-order valence-corrected chi connectivity index (χ0v) is 13.2. The SMILES string of the molecule is O=[N+]([O-])c1cccc([C@@H]2Nc3ccc([N+](=O)[O-])cc3[C@@H]3C=CC[C@H]32)c1. The Morgan fingerprint density at radius 1 is 1.00 bits per heavy atom. The third kappa shape index (κ3) is 2.53. The average molecular weight is 337 g/mol. The lowest BCUT2D eigenvalue weighted by Crippen LogP contribution is -2.29. The van der Waals surface area contributed by atoms with Crippen molar-refractivity contribution in [2.75, 3.05) is 5.32 Å². The predicted octanol–water partition coefficient (Wildman–Crippen LogP) is 4.33. The third-order valence-corrected chi connectivity index (χ3v) is 5.00. The van der Waals surface area contributed by atoms with Crippen molar-refractivity contribution >= 4 is 17.1 Å². The van der Waals surface area contributed by atoms with Crippen LogP contribution in [0.1, 0.15) is 29.5 Å². The number of nitrogens with one attached hydrogen (secondary N) is 1. The molecule has 7 heteroatoms. The molecular formula is C18H15N3O4. The molecule has 7 nitrogen and oxygen atoms in total. The van der Waals surface area contributed by atoms with Crippen LogP contribution in [0, 0.1) is 26.1 Å². The average Bonchev–Trinajstić information content (AvgIpc) is 3.10. The Labute approximate surface area is 143 Å². The Morgan fingerprint density at radius 3 is 2.52 bits per heavy atom. The minimum atomic E-state index is -0.395. The van der Waals surface area contributed by atoms with Gasteiger partial charge >= 0.3 is 0 Å². The van der Waals surface area contributed by atoms with Crippen molar-refractivity contribution in [3.05, 3.63) is 86.0 Å². The lowest BCUT2D eigenvalue weighted by molar-refractivity contribution is -0.385. The summed E-state index contributed by atoms with van der Waals surface area (Å²) < 4.78 is 0. The molecule has 126 valence electrons. The Morgan fingerprint density at radius 2 is 1.76 bits per heavy atom. The van der Waals surface area contributed by atoms with Gasteiger partial charge in [0.05, 0.1) is 15.9 Å². The molecule has 0 amide bonds. The Kier molecular flexibility index (Phi) is 3.49. The van der Waals surface area contributed by atoms with Crippen molar-refractivity contribution in [2.24, 2.45) is 5.92 Å². The summed E-state index contributed by atoms with van der Waals surface area (Å²) in [5.74, 6) is 0.247. The summed E-state index contributed by atoms with van der Waals surface area (Å²) in [4.78, 5) is 21.4. The standard InChI is InChI=1S/C18H15N3O4/c22-20(23)12-4-1-3-11(9-12)18-15-6-2-5-14(15)16-10-13(21(24)25)7-8-17(16)19-18/h1-5,7-10,14-15,18-19H,6H2/t14-,15-,18+/m1/s1. The number of benzene rings is 2. The normalized spacial score (nSPS) is 23.4. The summed E-state index contributed by atoms with van der Waals surface area (Å²) in [6.07, 6.45) is 4.99. The van der Waals surface area contributed by atoms with E-state index < -0.39 is 4.92 Å². The van der Waals surface area contributed by atoms with Crippen molar-refractivity contribution in [3.63, 3.8) is 0 Å². The summed E-state index contributed by atoms with van der Waals surface area (Å²) in [7, 11) is 0. The molecule has 1 N–H and O–H groups in total. The molecule has 0 radical (unpaired) electrons. The number of rotatable bonds is 3. The van der Waals surface area contributed by atoms with E-state index >= 15 is 0 Å². The molecule has 2 aliphatic rings.